The molecule has 2 saturated heterocycles. The lowest BCUT2D eigenvalue weighted by Gasteiger charge is -2.31. The Morgan fingerprint density at radius 2 is 2.03 bits per heavy atom. The number of H-pyrrole nitrogens is 1. The van der Waals surface area contributed by atoms with Gasteiger partial charge in [0.05, 0.1) is 24.4 Å². The van der Waals surface area contributed by atoms with Gasteiger partial charge in [0.25, 0.3) is 0 Å². The molecule has 0 bridgehead atoms. The molecule has 13 nitrogen and oxygen atoms in total. The number of benzene rings is 2. The van der Waals surface area contributed by atoms with Gasteiger partial charge in [-0.1, -0.05) is 16.8 Å². The minimum absolute atomic E-state index is 0.0456. The van der Waals surface area contributed by atoms with E-state index in [1.165, 1.54) is 17.1 Å². The van der Waals surface area contributed by atoms with E-state index in [9.17, 15) is 9.59 Å². The molecule has 0 radical (unpaired) electrons. The van der Waals surface area contributed by atoms with E-state index in [2.05, 4.69) is 41.2 Å². The molecule has 0 unspecified atom stereocenters. The van der Waals surface area contributed by atoms with E-state index in [1.54, 1.807) is 47.4 Å². The van der Waals surface area contributed by atoms with Crippen molar-refractivity contribution in [1.82, 2.24) is 45.4 Å². The smallest absolute Gasteiger partial charge is 0.247 e. The lowest BCUT2D eigenvalue weighted by molar-refractivity contribution is -0.132. The molecule has 2 fully saturated rings. The summed E-state index contributed by atoms with van der Waals surface area (Å²) in [5, 5.41) is 25.3. The molecule has 2 aliphatic heterocycles. The number of ether oxygens (including phenoxy) is 1. The number of aromatic amines is 1. The van der Waals surface area contributed by atoms with Crippen LogP contribution in [0.4, 0.5) is 5.69 Å². The first-order valence-corrected chi connectivity index (χ1v) is 12.9. The molecule has 2 N–H and O–H groups in total. The fourth-order valence-electron chi connectivity index (χ4n) is 5.06. The third-order valence-corrected chi connectivity index (χ3v) is 7.25. The number of hydrogen-bond acceptors (Lipinski definition) is 9. The van der Waals surface area contributed by atoms with Gasteiger partial charge in [0.2, 0.25) is 11.8 Å². The monoisotopic (exact) mass is 548 g/mol. The maximum Gasteiger partial charge on any atom is 0.247 e. The fourth-order valence-corrected chi connectivity index (χ4v) is 5.24. The first-order valence-electron chi connectivity index (χ1n) is 12.5. The number of tetrazole rings is 1. The molecule has 2 aromatic heterocycles. The van der Waals surface area contributed by atoms with Crippen LogP contribution in [0.1, 0.15) is 12.0 Å². The van der Waals surface area contributed by atoms with Crippen LogP contribution in [0.5, 0.6) is 0 Å². The third kappa shape index (κ3) is 5.37. The highest BCUT2D eigenvalue weighted by atomic mass is 35.5. The van der Waals surface area contributed by atoms with Crippen LogP contribution in [0.25, 0.3) is 22.8 Å². The van der Waals surface area contributed by atoms with Crippen LogP contribution in [0.2, 0.25) is 5.02 Å². The molecular formula is C25H25ClN10O3. The Kier molecular flexibility index (Phi) is 7.00. The van der Waals surface area contributed by atoms with Crippen LogP contribution in [0.15, 0.2) is 48.8 Å². The minimum Gasteiger partial charge on any atom is -0.379 e. The zero-order valence-electron chi connectivity index (χ0n) is 20.8. The van der Waals surface area contributed by atoms with Gasteiger partial charge >= 0.3 is 0 Å². The summed E-state index contributed by atoms with van der Waals surface area (Å²) < 4.78 is 6.99. The minimum atomic E-state index is -0.649. The van der Waals surface area contributed by atoms with Crippen molar-refractivity contribution in [2.24, 2.45) is 0 Å². The number of carbonyl (C=O) groups is 2. The first kappa shape index (κ1) is 25.1. The molecule has 14 heteroatoms. The van der Waals surface area contributed by atoms with Crippen LogP contribution < -0.4 is 5.32 Å². The van der Waals surface area contributed by atoms with Gasteiger partial charge in [0, 0.05) is 48.0 Å². The van der Waals surface area contributed by atoms with E-state index in [0.29, 0.717) is 59.2 Å². The van der Waals surface area contributed by atoms with Crippen molar-refractivity contribution in [2.75, 3.05) is 38.2 Å². The Hall–Kier alpha value is -4.20. The Balaban J connectivity index is 1.24. The third-order valence-electron chi connectivity index (χ3n) is 7.01. The van der Waals surface area contributed by atoms with Crippen LogP contribution in [-0.4, -0.2) is 102 Å². The Labute approximate surface area is 227 Å². The van der Waals surface area contributed by atoms with Gasteiger partial charge in [-0.3, -0.25) is 19.6 Å². The number of nitrogens with one attached hydrogen (secondary N) is 2. The summed E-state index contributed by atoms with van der Waals surface area (Å²) in [5.74, 6) is -0.529. The first-order chi connectivity index (χ1) is 19.0. The highest BCUT2D eigenvalue weighted by Gasteiger charge is 2.41. The van der Waals surface area contributed by atoms with Gasteiger partial charge in [-0.05, 0) is 59.3 Å². The second kappa shape index (κ2) is 10.9. The summed E-state index contributed by atoms with van der Waals surface area (Å²) in [6.07, 6.45) is 5.12. The van der Waals surface area contributed by atoms with Crippen LogP contribution in [-0.2, 0) is 14.3 Å². The predicted octanol–water partition coefficient (Wildman–Crippen LogP) is 1.54. The second-order valence-corrected chi connectivity index (χ2v) is 9.80. The quantitative estimate of drug-likeness (QED) is 0.342. The van der Waals surface area contributed by atoms with Gasteiger partial charge in [-0.25, -0.2) is 0 Å². The number of amides is 2. The zero-order valence-corrected chi connectivity index (χ0v) is 21.5. The molecule has 4 heterocycles. The molecule has 0 saturated carbocycles. The Morgan fingerprint density at radius 3 is 2.85 bits per heavy atom. The number of rotatable bonds is 6. The van der Waals surface area contributed by atoms with Gasteiger partial charge in [-0.15, -0.1) is 10.2 Å². The zero-order chi connectivity index (χ0) is 26.8. The molecule has 200 valence electrons. The number of halogens is 1. The summed E-state index contributed by atoms with van der Waals surface area (Å²) in [5.41, 5.74) is 3.33. The number of likely N-dealkylation sites (tertiary alicyclic amines) is 1. The van der Waals surface area contributed by atoms with Crippen molar-refractivity contribution in [3.05, 3.63) is 59.4 Å². The normalized spacial score (nSPS) is 20.2. The maximum absolute atomic E-state index is 13.6. The van der Waals surface area contributed by atoms with E-state index in [1.807, 2.05) is 0 Å². The number of fused-ring (bicyclic) bond motifs is 1. The standard InChI is InChI=1S/C25H25ClN10O3/c26-17-2-5-22(36-15-27-31-33-36)16(11-17)1-6-24(37)35-14-19(34-7-9-39-10-8-34)13-23(35)25(38)28-18-3-4-20-21(12-18)30-32-29-20/h1-6,11-12,15,19,23H,7-10,13-14H2,(H,28,38)(H,29,30,32)/t19-,23-/m0/s1. The average Bonchev–Trinajstić information content (AvgIpc) is 3.73. The summed E-state index contributed by atoms with van der Waals surface area (Å²) in [6.45, 7) is 3.22. The number of anilines is 1. The number of nitrogens with zero attached hydrogens (tertiary/aromatic N) is 8. The van der Waals surface area contributed by atoms with Crippen molar-refractivity contribution < 1.29 is 14.3 Å². The summed E-state index contributed by atoms with van der Waals surface area (Å²) in [6, 6.07) is 9.94. The summed E-state index contributed by atoms with van der Waals surface area (Å²) in [7, 11) is 0. The predicted molar refractivity (Wildman–Crippen MR) is 142 cm³/mol. The lowest BCUT2D eigenvalue weighted by Crippen LogP contribution is -2.45. The van der Waals surface area contributed by atoms with E-state index >= 15 is 0 Å². The van der Waals surface area contributed by atoms with Crippen molar-refractivity contribution in [3.63, 3.8) is 0 Å². The topological polar surface area (TPSA) is 147 Å². The van der Waals surface area contributed by atoms with Gasteiger partial charge < -0.3 is 15.0 Å². The fraction of sp³-hybridized carbons (Fsp3) is 0.320. The summed E-state index contributed by atoms with van der Waals surface area (Å²) in [4.78, 5) is 31.0. The molecule has 2 aromatic carbocycles. The van der Waals surface area contributed by atoms with E-state index in [0.717, 1.165) is 13.1 Å². The van der Waals surface area contributed by atoms with Crippen molar-refractivity contribution in [3.8, 4) is 5.69 Å². The Bertz CT molecular complexity index is 1520. The largest absolute Gasteiger partial charge is 0.379 e. The van der Waals surface area contributed by atoms with Crippen LogP contribution in [0.3, 0.4) is 0 Å². The Morgan fingerprint density at radius 1 is 1.15 bits per heavy atom. The van der Waals surface area contributed by atoms with Crippen LogP contribution >= 0.6 is 11.6 Å². The molecule has 4 aromatic rings. The molecule has 6 rings (SSSR count). The number of hydrogen-bond donors (Lipinski definition) is 2. The summed E-state index contributed by atoms with van der Waals surface area (Å²) >= 11 is 6.23. The van der Waals surface area contributed by atoms with Gasteiger partial charge in [-0.2, -0.15) is 4.68 Å². The molecule has 2 aliphatic rings. The number of carbonyl (C=O) groups excluding carboxylic acids is 2. The number of morpholine rings is 1. The average molecular weight is 549 g/mol. The molecule has 39 heavy (non-hydrogen) atoms. The molecule has 0 aliphatic carbocycles. The maximum atomic E-state index is 13.6. The SMILES string of the molecule is O=C(Nc1ccc2nn[nH]c2c1)[C@@H]1C[C@H](N2CCOCC2)CN1C(=O)C=Cc1cc(Cl)ccc1-n1cnnn1. The molecule has 0 spiro atoms. The van der Waals surface area contributed by atoms with Crippen LogP contribution in [0, 0.1) is 0 Å². The van der Waals surface area contributed by atoms with Crippen molar-refractivity contribution in [2.45, 2.75) is 18.5 Å². The van der Waals surface area contributed by atoms with E-state index in [4.69, 9.17) is 16.3 Å². The van der Waals surface area contributed by atoms with Gasteiger partial charge in [0.15, 0.2) is 0 Å². The van der Waals surface area contributed by atoms with E-state index < -0.39 is 6.04 Å². The molecular weight excluding hydrogens is 524 g/mol. The van der Waals surface area contributed by atoms with E-state index in [-0.39, 0.29) is 17.9 Å². The molecule has 2 atom stereocenters. The van der Waals surface area contributed by atoms with Gasteiger partial charge in [0.1, 0.15) is 17.9 Å². The van der Waals surface area contributed by atoms with Crippen molar-refractivity contribution in [1.29, 1.82) is 0 Å². The second-order valence-electron chi connectivity index (χ2n) is 9.37. The molecule has 2 amide bonds. The highest BCUT2D eigenvalue weighted by molar-refractivity contribution is 6.30. The number of aromatic nitrogens is 7. The van der Waals surface area contributed by atoms with Crippen molar-refractivity contribution >= 4 is 46.2 Å². The highest BCUT2D eigenvalue weighted by Crippen LogP contribution is 2.26. The lowest BCUT2D eigenvalue weighted by atomic mass is 10.1.